The molecule has 6 heteroatoms. The van der Waals surface area contributed by atoms with Crippen molar-refractivity contribution in [2.75, 3.05) is 7.04 Å². The predicted octanol–water partition coefficient (Wildman–Crippen LogP) is 1.26. The molecule has 100 valence electrons. The number of nitriles is 1. The molecular formula is C13H17BN2O3. The van der Waals surface area contributed by atoms with Crippen molar-refractivity contribution in [2.24, 2.45) is 0 Å². The number of rotatable bonds is 2. The summed E-state index contributed by atoms with van der Waals surface area (Å²) in [4.78, 5) is 3.65. The molecule has 0 amide bonds. The van der Waals surface area contributed by atoms with Crippen molar-refractivity contribution in [1.82, 2.24) is 4.98 Å². The molecule has 0 aromatic carbocycles. The monoisotopic (exact) mass is 265 g/mol. The van der Waals surface area contributed by atoms with E-state index in [1.165, 1.54) is 0 Å². The van der Waals surface area contributed by atoms with E-state index in [2.05, 4.69) is 9.72 Å². The molecule has 0 unspecified atom stereocenters. The molecule has 1 aromatic heterocycles. The number of methoxy groups -OCH3 is 1. The molecule has 5 nitrogen and oxygen atoms in total. The van der Waals surface area contributed by atoms with Gasteiger partial charge in [0.15, 0.2) is 0 Å². The fraction of sp³-hybridized carbons (Fsp3) is 0.538. The van der Waals surface area contributed by atoms with Crippen LogP contribution in [0.4, 0.5) is 0 Å². The summed E-state index contributed by atoms with van der Waals surface area (Å²) >= 11 is 0. The van der Waals surface area contributed by atoms with E-state index >= 15 is 0 Å². The number of pyridine rings is 1. The van der Waals surface area contributed by atoms with Crippen LogP contribution in [0.2, 0.25) is 0 Å². The molecule has 1 aliphatic heterocycles. The van der Waals surface area contributed by atoms with Gasteiger partial charge in [0.05, 0.1) is 25.1 Å². The van der Waals surface area contributed by atoms with Gasteiger partial charge in [-0.1, -0.05) is 0 Å². The van der Waals surface area contributed by atoms with Crippen LogP contribution >= 0.6 is 0 Å². The first-order valence-corrected chi connectivity index (χ1v) is 5.75. The van der Waals surface area contributed by atoms with Crippen LogP contribution in [-0.4, -0.2) is 30.3 Å². The maximum absolute atomic E-state index is 9.13. The van der Waals surface area contributed by atoms with Gasteiger partial charge in [0.25, 0.3) is 0 Å². The van der Waals surface area contributed by atoms with Crippen molar-refractivity contribution in [3.05, 3.63) is 17.8 Å². The lowest BCUT2D eigenvalue weighted by Gasteiger charge is -2.32. The third kappa shape index (κ3) is 2.44. The Hall–Kier alpha value is -1.58. The largest absolute Gasteiger partial charge is 0.495 e. The minimum absolute atomic E-state index is 0.0838. The third-order valence-electron chi connectivity index (χ3n) is 3.40. The first-order chi connectivity index (χ1) is 10.8. The van der Waals surface area contributed by atoms with Crippen molar-refractivity contribution in [3.63, 3.8) is 0 Å². The van der Waals surface area contributed by atoms with E-state index in [-0.39, 0.29) is 17.2 Å². The lowest BCUT2D eigenvalue weighted by Crippen LogP contribution is -2.41. The Morgan fingerprint density at radius 2 is 2.00 bits per heavy atom. The Kier molecular flexibility index (Phi) is 2.04. The zero-order valence-electron chi connectivity index (χ0n) is 16.2. The maximum Gasteiger partial charge on any atom is 0.495 e. The van der Waals surface area contributed by atoms with Crippen LogP contribution in [0.1, 0.15) is 40.2 Å². The standard InChI is InChI=1S/C13H17BN2O3/c1-12(2)13(3,4)19-14(18-12)9-6-10(8-15)16-11(7-9)17-5/h6-7H,1-5H3/i5D3,6D,7D. The molecule has 2 heterocycles. The summed E-state index contributed by atoms with van der Waals surface area (Å²) in [5.41, 5.74) is -1.90. The van der Waals surface area contributed by atoms with E-state index < -0.39 is 37.3 Å². The molecule has 1 saturated heterocycles. The van der Waals surface area contributed by atoms with Crippen molar-refractivity contribution < 1.29 is 20.9 Å². The smallest absolute Gasteiger partial charge is 0.481 e. The Bertz CT molecular complexity index is 699. The SMILES string of the molecule is [2H]c1c(C#N)nc(OC([2H])([2H])[2H])c([2H])c1B1OC(C)(C)C(C)(C)O1. The van der Waals surface area contributed by atoms with E-state index in [9.17, 15) is 0 Å². The van der Waals surface area contributed by atoms with Crippen LogP contribution < -0.4 is 10.2 Å². The van der Waals surface area contributed by atoms with Gasteiger partial charge in [0.2, 0.25) is 5.88 Å². The van der Waals surface area contributed by atoms with Crippen LogP contribution in [0.3, 0.4) is 0 Å². The fourth-order valence-corrected chi connectivity index (χ4v) is 1.61. The fourth-order valence-electron chi connectivity index (χ4n) is 1.61. The van der Waals surface area contributed by atoms with Crippen LogP contribution in [-0.2, 0) is 9.31 Å². The van der Waals surface area contributed by atoms with Crippen molar-refractivity contribution in [3.8, 4) is 11.9 Å². The number of ether oxygens (including phenoxy) is 1. The van der Waals surface area contributed by atoms with E-state index in [4.69, 9.17) is 21.4 Å². The van der Waals surface area contributed by atoms with Crippen molar-refractivity contribution in [2.45, 2.75) is 38.9 Å². The zero-order chi connectivity index (χ0) is 18.5. The highest BCUT2D eigenvalue weighted by Crippen LogP contribution is 2.36. The second-order valence-corrected chi connectivity index (χ2v) is 5.23. The normalized spacial score (nSPS) is 24.6. The summed E-state index contributed by atoms with van der Waals surface area (Å²) in [6.45, 7) is 7.19. The summed E-state index contributed by atoms with van der Waals surface area (Å²) in [5, 5.41) is 9.13. The second-order valence-electron chi connectivity index (χ2n) is 5.23. The molecule has 1 aliphatic rings. The van der Waals surface area contributed by atoms with Crippen LogP contribution in [0, 0.1) is 11.3 Å². The summed E-state index contributed by atoms with van der Waals surface area (Å²) in [6.07, 6.45) is 0. The lowest BCUT2D eigenvalue weighted by atomic mass is 9.79. The highest BCUT2D eigenvalue weighted by molar-refractivity contribution is 6.62. The highest BCUT2D eigenvalue weighted by Gasteiger charge is 2.51. The van der Waals surface area contributed by atoms with E-state index in [1.54, 1.807) is 33.8 Å². The van der Waals surface area contributed by atoms with Gasteiger partial charge in [-0.15, -0.1) is 0 Å². The molecular weight excluding hydrogens is 243 g/mol. The van der Waals surface area contributed by atoms with Gasteiger partial charge < -0.3 is 14.0 Å². The lowest BCUT2D eigenvalue weighted by molar-refractivity contribution is 0.00578. The topological polar surface area (TPSA) is 64.4 Å². The minimum Gasteiger partial charge on any atom is -0.481 e. The zero-order valence-corrected chi connectivity index (χ0v) is 11.2. The second kappa shape index (κ2) is 4.51. The van der Waals surface area contributed by atoms with Crippen molar-refractivity contribution in [1.29, 1.82) is 5.26 Å². The molecule has 0 saturated carbocycles. The van der Waals surface area contributed by atoms with Gasteiger partial charge in [-0.3, -0.25) is 0 Å². The molecule has 1 aromatic rings. The molecule has 0 bridgehead atoms. The number of aromatic nitrogens is 1. The molecule has 0 radical (unpaired) electrons. The van der Waals surface area contributed by atoms with Gasteiger partial charge in [-0.05, 0) is 39.2 Å². The molecule has 1 fully saturated rings. The van der Waals surface area contributed by atoms with Gasteiger partial charge in [0, 0.05) is 6.04 Å². The van der Waals surface area contributed by atoms with Gasteiger partial charge >= 0.3 is 7.12 Å². The Balaban J connectivity index is 2.58. The molecule has 19 heavy (non-hydrogen) atoms. The van der Waals surface area contributed by atoms with Crippen LogP contribution in [0.5, 0.6) is 5.88 Å². The average molecular weight is 265 g/mol. The minimum atomic E-state index is -2.84. The first kappa shape index (κ1) is 8.57. The Labute approximate surface area is 120 Å². The third-order valence-corrected chi connectivity index (χ3v) is 3.40. The summed E-state index contributed by atoms with van der Waals surface area (Å²) in [6, 6.07) is 0.899. The van der Waals surface area contributed by atoms with Gasteiger partial charge in [0.1, 0.15) is 11.8 Å². The van der Waals surface area contributed by atoms with Gasteiger partial charge in [-0.2, -0.15) is 5.26 Å². The number of nitrogens with zero attached hydrogens (tertiary/aromatic N) is 2. The van der Waals surface area contributed by atoms with Gasteiger partial charge in [-0.25, -0.2) is 4.98 Å². The maximum atomic E-state index is 9.13. The average Bonchev–Trinajstić information content (AvgIpc) is 2.60. The molecule has 0 spiro atoms. The predicted molar refractivity (Wildman–Crippen MR) is 71.2 cm³/mol. The summed E-state index contributed by atoms with van der Waals surface area (Å²) < 4.78 is 54.0. The molecule has 0 atom stereocenters. The number of hydrogen-bond acceptors (Lipinski definition) is 5. The Morgan fingerprint density at radius 3 is 2.53 bits per heavy atom. The summed E-state index contributed by atoms with van der Waals surface area (Å²) in [5.74, 6) is -0.563. The van der Waals surface area contributed by atoms with Crippen LogP contribution in [0.25, 0.3) is 0 Å². The molecule has 0 aliphatic carbocycles. The molecule has 2 rings (SSSR count). The van der Waals surface area contributed by atoms with Crippen molar-refractivity contribution >= 4 is 12.6 Å². The molecule has 0 N–H and O–H groups in total. The Morgan fingerprint density at radius 1 is 1.37 bits per heavy atom. The van der Waals surface area contributed by atoms with E-state index in [0.717, 1.165) is 0 Å². The highest BCUT2D eigenvalue weighted by atomic mass is 16.7. The van der Waals surface area contributed by atoms with E-state index in [0.29, 0.717) is 0 Å². The quantitative estimate of drug-likeness (QED) is 0.753. The first-order valence-electron chi connectivity index (χ1n) is 8.25. The number of hydrogen-bond donors (Lipinski definition) is 0. The summed E-state index contributed by atoms with van der Waals surface area (Å²) in [7, 11) is -3.95. The van der Waals surface area contributed by atoms with E-state index in [1.807, 2.05) is 0 Å². The van der Waals surface area contributed by atoms with Crippen LogP contribution in [0.15, 0.2) is 12.1 Å².